The minimum Gasteiger partial charge on any atom is -0.478 e. The van der Waals surface area contributed by atoms with E-state index >= 15 is 0 Å². The van der Waals surface area contributed by atoms with E-state index in [1.54, 1.807) is 6.07 Å². The smallest absolute Gasteiger partial charge is 0.337 e. The molecule has 1 aliphatic rings. The van der Waals surface area contributed by atoms with E-state index in [9.17, 15) is 18.3 Å². The van der Waals surface area contributed by atoms with Crippen molar-refractivity contribution in [2.24, 2.45) is 0 Å². The maximum Gasteiger partial charge on any atom is 0.337 e. The number of morpholine rings is 1. The molecule has 9 heteroatoms. The highest BCUT2D eigenvalue weighted by Crippen LogP contribution is 2.28. The molecule has 0 saturated carbocycles. The monoisotopic (exact) mass is 567 g/mol. The lowest BCUT2D eigenvalue weighted by molar-refractivity contribution is 0.0696. The fourth-order valence-corrected chi connectivity index (χ4v) is 5.86. The Hall–Kier alpha value is -3.24. The zero-order valence-electron chi connectivity index (χ0n) is 23.5. The van der Waals surface area contributed by atoms with E-state index in [0.29, 0.717) is 32.0 Å². The van der Waals surface area contributed by atoms with Crippen LogP contribution in [0.15, 0.2) is 83.8 Å². The van der Waals surface area contributed by atoms with Crippen molar-refractivity contribution in [1.29, 1.82) is 0 Å². The Bertz CT molecular complexity index is 1280. The highest BCUT2D eigenvalue weighted by Gasteiger charge is 2.28. The molecule has 216 valence electrons. The highest BCUT2D eigenvalue weighted by atomic mass is 32.2. The van der Waals surface area contributed by atoms with E-state index in [-0.39, 0.29) is 23.5 Å². The summed E-state index contributed by atoms with van der Waals surface area (Å²) in [5.74, 6) is -1.15. The molecule has 1 saturated heterocycles. The largest absolute Gasteiger partial charge is 0.478 e. The molecule has 2 N–H and O–H groups in total. The van der Waals surface area contributed by atoms with Crippen LogP contribution < -0.4 is 10.2 Å². The second-order valence-electron chi connectivity index (χ2n) is 9.57. The molecule has 1 fully saturated rings. The van der Waals surface area contributed by atoms with E-state index in [4.69, 9.17) is 4.74 Å². The Labute approximate surface area is 238 Å². The van der Waals surface area contributed by atoms with Crippen LogP contribution in [0.4, 0.5) is 5.69 Å². The number of anilines is 1. The first-order valence-electron chi connectivity index (χ1n) is 13.9. The van der Waals surface area contributed by atoms with Crippen molar-refractivity contribution >= 4 is 21.7 Å². The third-order valence-electron chi connectivity index (χ3n) is 6.46. The highest BCUT2D eigenvalue weighted by molar-refractivity contribution is 7.89. The summed E-state index contributed by atoms with van der Waals surface area (Å²) in [6.07, 6.45) is 2.03. The van der Waals surface area contributed by atoms with Gasteiger partial charge < -0.3 is 20.1 Å². The first-order valence-corrected chi connectivity index (χ1v) is 15.3. The van der Waals surface area contributed by atoms with E-state index < -0.39 is 16.0 Å². The number of carboxylic acid groups (broad SMARTS) is 1. The van der Waals surface area contributed by atoms with Crippen molar-refractivity contribution in [1.82, 2.24) is 9.62 Å². The van der Waals surface area contributed by atoms with Gasteiger partial charge >= 0.3 is 5.97 Å². The Kier molecular flexibility index (Phi) is 12.6. The second kappa shape index (κ2) is 16.1. The van der Waals surface area contributed by atoms with Crippen LogP contribution in [0.3, 0.4) is 0 Å². The molecule has 8 nitrogen and oxygen atoms in total. The number of carboxylic acids is 1. The molecular formula is C31H41N3O5S. The molecule has 4 rings (SSSR count). The third kappa shape index (κ3) is 9.16. The lowest BCUT2D eigenvalue weighted by Gasteiger charge is -2.28. The van der Waals surface area contributed by atoms with Crippen molar-refractivity contribution in [3.05, 3.63) is 95.6 Å². The molecule has 1 aliphatic heterocycles. The van der Waals surface area contributed by atoms with Gasteiger partial charge in [0.15, 0.2) is 0 Å². The molecular weight excluding hydrogens is 526 g/mol. The van der Waals surface area contributed by atoms with Gasteiger partial charge in [0.2, 0.25) is 10.0 Å². The van der Waals surface area contributed by atoms with E-state index in [1.807, 2.05) is 48.2 Å². The molecule has 40 heavy (non-hydrogen) atoms. The van der Waals surface area contributed by atoms with Crippen molar-refractivity contribution in [3.8, 4) is 0 Å². The van der Waals surface area contributed by atoms with Gasteiger partial charge in [0.1, 0.15) is 0 Å². The van der Waals surface area contributed by atoms with E-state index in [0.717, 1.165) is 25.1 Å². The number of benzene rings is 3. The summed E-state index contributed by atoms with van der Waals surface area (Å²) < 4.78 is 32.4. The Balaban J connectivity index is 0.000000336. The van der Waals surface area contributed by atoms with Crippen LogP contribution in [-0.4, -0.2) is 63.2 Å². The average Bonchev–Trinajstić information content (AvgIpc) is 2.98. The molecule has 0 aliphatic carbocycles. The zero-order chi connectivity index (χ0) is 28.8. The average molecular weight is 568 g/mol. The quantitative estimate of drug-likeness (QED) is 0.297. The summed E-state index contributed by atoms with van der Waals surface area (Å²) in [4.78, 5) is 14.0. The summed E-state index contributed by atoms with van der Waals surface area (Å²) in [6, 6.07) is 24.6. The fraction of sp³-hybridized carbons (Fsp3) is 0.387. The lowest BCUT2D eigenvalue weighted by atomic mass is 10.1. The maximum absolute atomic E-state index is 12.9. The number of hydrogen-bond acceptors (Lipinski definition) is 6. The molecule has 0 atom stereocenters. The topological polar surface area (TPSA) is 99.2 Å². The molecule has 0 bridgehead atoms. The fourth-order valence-electron chi connectivity index (χ4n) is 4.42. The molecule has 3 aromatic rings. The van der Waals surface area contributed by atoms with Crippen molar-refractivity contribution < 1.29 is 23.1 Å². The van der Waals surface area contributed by atoms with Gasteiger partial charge in [0.05, 0.1) is 29.4 Å². The number of nitrogens with one attached hydrogen (secondary N) is 1. The third-order valence-corrected chi connectivity index (χ3v) is 8.35. The number of sulfonamides is 1. The predicted molar refractivity (Wildman–Crippen MR) is 159 cm³/mol. The van der Waals surface area contributed by atoms with Gasteiger partial charge in [-0.1, -0.05) is 74.5 Å². The summed E-state index contributed by atoms with van der Waals surface area (Å²) >= 11 is 0. The summed E-state index contributed by atoms with van der Waals surface area (Å²) in [5.41, 5.74) is 2.93. The Morgan fingerprint density at radius 3 is 2.12 bits per heavy atom. The number of rotatable bonds is 12. The molecule has 3 aromatic carbocycles. The first-order chi connectivity index (χ1) is 19.4. The summed E-state index contributed by atoms with van der Waals surface area (Å²) in [6.45, 7) is 8.71. The molecule has 0 aromatic heterocycles. The number of aromatic carboxylic acids is 1. The van der Waals surface area contributed by atoms with Gasteiger partial charge in [-0.2, -0.15) is 4.31 Å². The number of ether oxygens (including phenoxy) is 1. The minimum absolute atomic E-state index is 0.00305. The van der Waals surface area contributed by atoms with Crippen molar-refractivity contribution in [2.75, 3.05) is 44.3 Å². The number of nitrogens with zero attached hydrogens (tertiary/aromatic N) is 2. The maximum atomic E-state index is 12.9. The molecule has 0 amide bonds. The first kappa shape index (κ1) is 31.3. The van der Waals surface area contributed by atoms with Crippen LogP contribution in [0.25, 0.3) is 0 Å². The van der Waals surface area contributed by atoms with Crippen LogP contribution in [0.2, 0.25) is 0 Å². The van der Waals surface area contributed by atoms with Crippen LogP contribution in [0.1, 0.15) is 48.2 Å². The lowest BCUT2D eigenvalue weighted by Crippen LogP contribution is -2.40. The minimum atomic E-state index is -3.76. The van der Waals surface area contributed by atoms with Crippen LogP contribution in [0, 0.1) is 0 Å². The normalized spacial score (nSPS) is 13.8. The van der Waals surface area contributed by atoms with Crippen LogP contribution in [-0.2, 0) is 27.8 Å². The van der Waals surface area contributed by atoms with Gasteiger partial charge in [0.25, 0.3) is 0 Å². The Morgan fingerprint density at radius 2 is 1.55 bits per heavy atom. The van der Waals surface area contributed by atoms with E-state index in [2.05, 4.69) is 36.5 Å². The van der Waals surface area contributed by atoms with Crippen molar-refractivity contribution in [2.45, 2.75) is 44.7 Å². The molecule has 1 heterocycles. The number of hydrogen-bond donors (Lipinski definition) is 2. The van der Waals surface area contributed by atoms with Crippen molar-refractivity contribution in [3.63, 3.8) is 0 Å². The zero-order valence-corrected chi connectivity index (χ0v) is 24.3. The van der Waals surface area contributed by atoms with E-state index in [1.165, 1.54) is 28.4 Å². The van der Waals surface area contributed by atoms with Gasteiger partial charge in [-0.3, -0.25) is 0 Å². The van der Waals surface area contributed by atoms with Gasteiger partial charge in [0, 0.05) is 32.7 Å². The van der Waals surface area contributed by atoms with Gasteiger partial charge in [-0.15, -0.1) is 0 Å². The summed E-state index contributed by atoms with van der Waals surface area (Å²) in [5, 5.41) is 13.1. The predicted octanol–water partition coefficient (Wildman–Crippen LogP) is 5.01. The summed E-state index contributed by atoms with van der Waals surface area (Å²) in [7, 11) is -3.76. The Morgan fingerprint density at radius 1 is 0.925 bits per heavy atom. The van der Waals surface area contributed by atoms with Crippen LogP contribution in [0.5, 0.6) is 0 Å². The SMILES string of the molecule is CCCN(Cc1ccccc1)c1ccc(S(=O)(=O)N2CCOCC2)cc1C(=O)O.CCCNCc1ccccc1. The van der Waals surface area contributed by atoms with Gasteiger partial charge in [-0.05, 0) is 48.7 Å². The van der Waals surface area contributed by atoms with Crippen LogP contribution >= 0.6 is 0 Å². The molecule has 0 unspecified atom stereocenters. The standard InChI is InChI=1S/C21H26N2O5S.C10H15N/c1-2-10-22(16-17-6-4-3-5-7-17)20-9-8-18(15-19(20)21(24)25)29(26,27)23-11-13-28-14-12-23;1-2-8-11-9-10-6-4-3-5-7-10/h3-9,15H,2,10-14,16H2,1H3,(H,24,25);3-7,11H,2,8-9H2,1H3. The molecule has 0 radical (unpaired) electrons. The molecule has 0 spiro atoms. The van der Waals surface area contributed by atoms with Gasteiger partial charge in [-0.25, -0.2) is 13.2 Å². The number of carbonyl (C=O) groups is 1. The second-order valence-corrected chi connectivity index (χ2v) is 11.5.